The van der Waals surface area contributed by atoms with E-state index in [9.17, 15) is 23.1 Å². The number of hydrogen-bond acceptors (Lipinski definition) is 5. The highest BCUT2D eigenvalue weighted by molar-refractivity contribution is 7.07. The first kappa shape index (κ1) is 22.6. The van der Waals surface area contributed by atoms with E-state index in [0.29, 0.717) is 41.3 Å². The van der Waals surface area contributed by atoms with E-state index in [-0.39, 0.29) is 18.3 Å². The van der Waals surface area contributed by atoms with E-state index in [1.165, 1.54) is 17.4 Å². The minimum absolute atomic E-state index is 0.0497. The van der Waals surface area contributed by atoms with Crippen molar-refractivity contribution in [1.82, 2.24) is 15.1 Å². The Labute approximate surface area is 190 Å². The monoisotopic (exact) mass is 474 g/mol. The first-order valence-electron chi connectivity index (χ1n) is 9.93. The zero-order valence-electron chi connectivity index (χ0n) is 17.1. The number of aromatic nitrogens is 4. The van der Waals surface area contributed by atoms with Crippen molar-refractivity contribution in [2.24, 2.45) is 0 Å². The van der Waals surface area contributed by atoms with Crippen LogP contribution in [-0.2, 0) is 12.7 Å². The summed E-state index contributed by atoms with van der Waals surface area (Å²) in [6.07, 6.45) is -4.03. The molecule has 0 saturated carbocycles. The van der Waals surface area contributed by atoms with Crippen molar-refractivity contribution in [3.63, 3.8) is 0 Å². The van der Waals surface area contributed by atoms with Crippen LogP contribution in [-0.4, -0.2) is 32.7 Å². The van der Waals surface area contributed by atoms with Gasteiger partial charge in [-0.1, -0.05) is 6.07 Å². The van der Waals surface area contributed by atoms with Gasteiger partial charge in [0.05, 0.1) is 16.6 Å². The summed E-state index contributed by atoms with van der Waals surface area (Å²) < 4.78 is 41.0. The molecule has 0 radical (unpaired) electrons. The van der Waals surface area contributed by atoms with Crippen LogP contribution in [0.4, 0.5) is 18.9 Å². The highest BCUT2D eigenvalue weighted by Crippen LogP contribution is 2.31. The average Bonchev–Trinajstić information content (AvgIpc) is 3.48. The maximum atomic E-state index is 13.1. The van der Waals surface area contributed by atoms with Gasteiger partial charge in [-0.2, -0.15) is 23.0 Å². The minimum atomic E-state index is -4.46. The predicted octanol–water partition coefficient (Wildman–Crippen LogP) is 4.14. The topological polar surface area (TPSA) is 94.8 Å². The zero-order chi connectivity index (χ0) is 23.4. The van der Waals surface area contributed by atoms with Crippen LogP contribution in [0.5, 0.6) is 0 Å². The molecular formula is C22H19F3N5O2S+. The summed E-state index contributed by atoms with van der Waals surface area (Å²) in [7, 11) is 0. The van der Waals surface area contributed by atoms with Gasteiger partial charge in [0.2, 0.25) is 0 Å². The number of aryl methyl sites for hydroxylation is 1. The summed E-state index contributed by atoms with van der Waals surface area (Å²) >= 11 is 1.32. The number of amides is 1. The second-order valence-electron chi connectivity index (χ2n) is 7.11. The highest BCUT2D eigenvalue weighted by atomic mass is 32.1. The molecule has 4 rings (SSSR count). The molecule has 0 spiro atoms. The molecule has 7 nitrogen and oxygen atoms in total. The Kier molecular flexibility index (Phi) is 6.52. The van der Waals surface area contributed by atoms with Crippen molar-refractivity contribution in [2.75, 3.05) is 11.9 Å². The number of thiazole rings is 1. The molecular weight excluding hydrogens is 455 g/mol. The molecule has 3 N–H and O–H groups in total. The third kappa shape index (κ3) is 5.26. The predicted molar refractivity (Wildman–Crippen MR) is 116 cm³/mol. The molecule has 0 aliphatic rings. The molecule has 170 valence electrons. The van der Waals surface area contributed by atoms with Crippen LogP contribution >= 0.6 is 11.3 Å². The van der Waals surface area contributed by atoms with E-state index < -0.39 is 11.7 Å². The van der Waals surface area contributed by atoms with E-state index in [1.807, 2.05) is 0 Å². The van der Waals surface area contributed by atoms with Crippen molar-refractivity contribution in [2.45, 2.75) is 19.1 Å². The summed E-state index contributed by atoms with van der Waals surface area (Å²) in [5.41, 5.74) is 2.68. The van der Waals surface area contributed by atoms with Gasteiger partial charge in [-0.25, -0.2) is 4.98 Å². The number of hydrogen-bond donors (Lipinski definition) is 3. The molecule has 0 saturated heterocycles. The molecule has 0 atom stereocenters. The number of nitrogens with one attached hydrogen (secondary N) is 2. The van der Waals surface area contributed by atoms with E-state index >= 15 is 0 Å². The fourth-order valence-electron chi connectivity index (χ4n) is 3.18. The summed E-state index contributed by atoms with van der Waals surface area (Å²) in [5.74, 6) is 0.441. The number of aliphatic hydroxyl groups is 1. The Hall–Kier alpha value is -3.57. The zero-order valence-corrected chi connectivity index (χ0v) is 18.0. The van der Waals surface area contributed by atoms with E-state index in [2.05, 4.69) is 20.4 Å². The van der Waals surface area contributed by atoms with Crippen molar-refractivity contribution in [3.8, 4) is 22.8 Å². The van der Waals surface area contributed by atoms with Crippen LogP contribution in [0.2, 0.25) is 0 Å². The number of benzene rings is 2. The van der Waals surface area contributed by atoms with Gasteiger partial charge in [0, 0.05) is 29.7 Å². The first-order chi connectivity index (χ1) is 15.8. The second-order valence-corrected chi connectivity index (χ2v) is 7.83. The third-order valence-electron chi connectivity index (χ3n) is 4.78. The van der Waals surface area contributed by atoms with Gasteiger partial charge in [-0.3, -0.25) is 4.79 Å². The minimum Gasteiger partial charge on any atom is -0.396 e. The van der Waals surface area contributed by atoms with Gasteiger partial charge in [-0.05, 0) is 47.4 Å². The lowest BCUT2D eigenvalue weighted by molar-refractivity contribution is -0.740. The molecule has 2 aromatic carbocycles. The molecule has 0 aliphatic carbocycles. The van der Waals surface area contributed by atoms with Crippen LogP contribution < -0.4 is 10.00 Å². The van der Waals surface area contributed by atoms with Gasteiger partial charge in [-0.15, -0.1) is 11.3 Å². The smallest absolute Gasteiger partial charge is 0.396 e. The number of aliphatic hydroxyl groups excluding tert-OH is 1. The number of halogens is 3. The van der Waals surface area contributed by atoms with Crippen LogP contribution in [0.3, 0.4) is 0 Å². The summed E-state index contributed by atoms with van der Waals surface area (Å²) in [6.45, 7) is 0.339. The maximum Gasteiger partial charge on any atom is 0.416 e. The number of carbonyl (C=O) groups is 1. The number of nitrogens with zero attached hydrogens (tertiary/aromatic N) is 3. The van der Waals surface area contributed by atoms with Crippen LogP contribution in [0.15, 0.2) is 59.4 Å². The quantitative estimate of drug-likeness (QED) is 0.351. The van der Waals surface area contributed by atoms with Crippen molar-refractivity contribution < 1.29 is 27.8 Å². The van der Waals surface area contributed by atoms with Crippen molar-refractivity contribution >= 4 is 22.9 Å². The number of aromatic amines is 1. The molecule has 1 amide bonds. The fraction of sp³-hybridized carbons (Fsp3) is 0.182. The molecule has 0 aliphatic heterocycles. The highest BCUT2D eigenvalue weighted by Gasteiger charge is 2.31. The Balaban J connectivity index is 1.63. The van der Waals surface area contributed by atoms with Gasteiger partial charge in [0.1, 0.15) is 12.2 Å². The van der Waals surface area contributed by atoms with E-state index in [1.54, 1.807) is 45.9 Å². The summed E-state index contributed by atoms with van der Waals surface area (Å²) in [6, 6.07) is 11.8. The van der Waals surface area contributed by atoms with E-state index in [4.69, 9.17) is 0 Å². The molecule has 0 bridgehead atoms. The van der Waals surface area contributed by atoms with E-state index in [0.717, 1.165) is 12.1 Å². The molecule has 33 heavy (non-hydrogen) atoms. The Morgan fingerprint density at radius 1 is 1.15 bits per heavy atom. The normalized spacial score (nSPS) is 11.5. The van der Waals surface area contributed by atoms with Crippen molar-refractivity contribution in [1.29, 1.82) is 0 Å². The number of alkyl halides is 3. The Bertz CT molecular complexity index is 1240. The second kappa shape index (κ2) is 9.51. The summed E-state index contributed by atoms with van der Waals surface area (Å²) in [5, 5.41) is 16.6. The van der Waals surface area contributed by atoms with Crippen molar-refractivity contribution in [3.05, 3.63) is 70.7 Å². The first-order valence-corrected chi connectivity index (χ1v) is 10.9. The number of H-pyrrole nitrogens is 1. The number of rotatable bonds is 7. The summed E-state index contributed by atoms with van der Waals surface area (Å²) in [4.78, 5) is 20.7. The van der Waals surface area contributed by atoms with Gasteiger partial charge >= 0.3 is 12.0 Å². The molecule has 4 aromatic rings. The third-order valence-corrected chi connectivity index (χ3v) is 5.37. The standard InChI is InChI=1S/C22H18F3N5O2S/c23-22(24,25)16-4-1-3-15(11-16)19-28-20(30(29-19)9-2-10-31)14-5-7-17(8-6-14)27-21(32)18-12-33-13-26-18/h1,3-8,11-13,31H,2,9-10H2,(H,27,28,29,32)/p+1. The largest absolute Gasteiger partial charge is 0.416 e. The SMILES string of the molecule is O=C(Nc1ccc(-c2nc(-c3cccc(C(F)(F)F)c3)[nH][n+]2CCCO)cc1)c1cscn1. The van der Waals surface area contributed by atoms with Crippen LogP contribution in [0.1, 0.15) is 22.5 Å². The number of anilines is 1. The molecule has 2 heterocycles. The molecule has 0 fully saturated rings. The Morgan fingerprint density at radius 2 is 1.94 bits per heavy atom. The van der Waals surface area contributed by atoms with Crippen LogP contribution in [0.25, 0.3) is 22.8 Å². The lowest BCUT2D eigenvalue weighted by Crippen LogP contribution is -2.38. The van der Waals surface area contributed by atoms with Gasteiger partial charge in [0.25, 0.3) is 11.7 Å². The molecule has 11 heteroatoms. The lowest BCUT2D eigenvalue weighted by atomic mass is 10.1. The molecule has 0 unspecified atom stereocenters. The van der Waals surface area contributed by atoms with Gasteiger partial charge in [0.15, 0.2) is 0 Å². The average molecular weight is 474 g/mol. The van der Waals surface area contributed by atoms with Crippen LogP contribution in [0, 0.1) is 0 Å². The lowest BCUT2D eigenvalue weighted by Gasteiger charge is -2.06. The number of carbonyl (C=O) groups excluding carboxylic acids is 1. The molecule has 2 aromatic heterocycles. The maximum absolute atomic E-state index is 13.1. The Morgan fingerprint density at radius 3 is 2.61 bits per heavy atom. The van der Waals surface area contributed by atoms with Gasteiger partial charge < -0.3 is 10.4 Å². The fourth-order valence-corrected chi connectivity index (χ4v) is 3.71.